The molecule has 0 spiro atoms. The van der Waals surface area contributed by atoms with Crippen molar-refractivity contribution in [3.8, 4) is 0 Å². The number of likely N-dealkylation sites (tertiary alicyclic amines) is 1. The van der Waals surface area contributed by atoms with E-state index in [2.05, 4.69) is 10.2 Å². The number of carbonyl (C=O) groups excluding carboxylic acids is 1. The van der Waals surface area contributed by atoms with Gasteiger partial charge in [-0.2, -0.15) is 0 Å². The molecule has 1 heterocycles. The van der Waals surface area contributed by atoms with Gasteiger partial charge in [-0.25, -0.2) is 0 Å². The Morgan fingerprint density at radius 1 is 1.28 bits per heavy atom. The predicted molar refractivity (Wildman–Crippen MR) is 73.5 cm³/mol. The zero-order chi connectivity index (χ0) is 13.0. The number of nitrogens with one attached hydrogen (secondary N) is 1. The lowest BCUT2D eigenvalue weighted by Gasteiger charge is -2.32. The topological polar surface area (TPSA) is 35.6 Å². The highest BCUT2D eigenvalue weighted by Crippen LogP contribution is 2.22. The Morgan fingerprint density at radius 3 is 2.61 bits per heavy atom. The fraction of sp³-hybridized carbons (Fsp3) is 0.929. The number of likely N-dealkylation sites (N-methyl/N-ethyl adjacent to an activating group) is 2. The maximum Gasteiger partial charge on any atom is 0.236 e. The van der Waals surface area contributed by atoms with Crippen LogP contribution in [0.5, 0.6) is 0 Å². The zero-order valence-electron chi connectivity index (χ0n) is 11.8. The third-order valence-corrected chi connectivity index (χ3v) is 4.56. The molecule has 1 atom stereocenters. The Balaban J connectivity index is 1.76. The molecule has 0 aromatic heterocycles. The van der Waals surface area contributed by atoms with Crippen molar-refractivity contribution in [2.75, 3.05) is 33.7 Å². The van der Waals surface area contributed by atoms with Crippen LogP contribution in [0.1, 0.15) is 38.5 Å². The standard InChI is InChI=1S/C14H27N3O/c1-15-12-8-9-17(10-12)11-14(18)16(2)13-6-4-3-5-7-13/h12-13,15H,3-11H2,1-2H3. The van der Waals surface area contributed by atoms with Crippen LogP contribution in [0.15, 0.2) is 0 Å². The fourth-order valence-corrected chi connectivity index (χ4v) is 3.19. The van der Waals surface area contributed by atoms with Crippen molar-refractivity contribution >= 4 is 5.91 Å². The second-order valence-corrected chi connectivity index (χ2v) is 5.81. The Bertz CT molecular complexity index is 276. The van der Waals surface area contributed by atoms with Gasteiger partial charge in [0.1, 0.15) is 0 Å². The summed E-state index contributed by atoms with van der Waals surface area (Å²) in [4.78, 5) is 16.5. The van der Waals surface area contributed by atoms with Gasteiger partial charge >= 0.3 is 0 Å². The molecule has 1 saturated carbocycles. The molecular weight excluding hydrogens is 226 g/mol. The fourth-order valence-electron chi connectivity index (χ4n) is 3.19. The molecule has 104 valence electrons. The number of nitrogens with zero attached hydrogens (tertiary/aromatic N) is 2. The third kappa shape index (κ3) is 3.45. The van der Waals surface area contributed by atoms with Crippen LogP contribution >= 0.6 is 0 Å². The molecule has 1 aliphatic heterocycles. The van der Waals surface area contributed by atoms with Crippen LogP contribution in [0.3, 0.4) is 0 Å². The summed E-state index contributed by atoms with van der Waals surface area (Å²) < 4.78 is 0. The van der Waals surface area contributed by atoms with Crippen molar-refractivity contribution in [2.24, 2.45) is 0 Å². The molecule has 0 aromatic carbocycles. The van der Waals surface area contributed by atoms with Crippen molar-refractivity contribution in [1.29, 1.82) is 0 Å². The van der Waals surface area contributed by atoms with Crippen molar-refractivity contribution in [3.05, 3.63) is 0 Å². The minimum atomic E-state index is 0.304. The predicted octanol–water partition coefficient (Wildman–Crippen LogP) is 1.07. The van der Waals surface area contributed by atoms with Crippen LogP contribution in [0, 0.1) is 0 Å². The smallest absolute Gasteiger partial charge is 0.236 e. The molecule has 2 aliphatic rings. The lowest BCUT2D eigenvalue weighted by molar-refractivity contribution is -0.133. The van der Waals surface area contributed by atoms with Crippen LogP contribution in [0.2, 0.25) is 0 Å². The lowest BCUT2D eigenvalue weighted by Crippen LogP contribution is -2.44. The highest BCUT2D eigenvalue weighted by atomic mass is 16.2. The summed E-state index contributed by atoms with van der Waals surface area (Å²) in [6, 6.07) is 1.06. The molecule has 4 nitrogen and oxygen atoms in total. The normalized spacial score (nSPS) is 26.4. The van der Waals surface area contributed by atoms with Gasteiger partial charge in [-0.1, -0.05) is 19.3 Å². The number of amides is 1. The van der Waals surface area contributed by atoms with Gasteiger partial charge in [0.25, 0.3) is 0 Å². The van der Waals surface area contributed by atoms with Crippen LogP contribution in [-0.4, -0.2) is 61.5 Å². The van der Waals surface area contributed by atoms with Gasteiger partial charge in [0.05, 0.1) is 6.54 Å². The van der Waals surface area contributed by atoms with E-state index in [0.29, 0.717) is 24.5 Å². The van der Waals surface area contributed by atoms with Gasteiger partial charge < -0.3 is 10.2 Å². The Labute approximate surface area is 111 Å². The molecule has 2 fully saturated rings. The molecule has 1 unspecified atom stereocenters. The largest absolute Gasteiger partial charge is 0.342 e. The number of hydrogen-bond acceptors (Lipinski definition) is 3. The van der Waals surface area contributed by atoms with Crippen LogP contribution in [0.25, 0.3) is 0 Å². The van der Waals surface area contributed by atoms with Gasteiger partial charge in [-0.3, -0.25) is 9.69 Å². The van der Waals surface area contributed by atoms with Gasteiger partial charge in [-0.15, -0.1) is 0 Å². The van der Waals surface area contributed by atoms with E-state index in [1.807, 2.05) is 19.0 Å². The van der Waals surface area contributed by atoms with E-state index in [4.69, 9.17) is 0 Å². The van der Waals surface area contributed by atoms with Crippen molar-refractivity contribution in [3.63, 3.8) is 0 Å². The van der Waals surface area contributed by atoms with Gasteiger partial charge in [0.15, 0.2) is 0 Å². The molecule has 1 N–H and O–H groups in total. The highest BCUT2D eigenvalue weighted by Gasteiger charge is 2.26. The molecule has 4 heteroatoms. The maximum absolute atomic E-state index is 12.3. The van der Waals surface area contributed by atoms with Crippen molar-refractivity contribution < 1.29 is 4.79 Å². The first-order chi connectivity index (χ1) is 8.70. The maximum atomic E-state index is 12.3. The quantitative estimate of drug-likeness (QED) is 0.814. The average Bonchev–Trinajstić information content (AvgIpc) is 2.86. The van der Waals surface area contributed by atoms with E-state index in [1.54, 1.807) is 0 Å². The minimum Gasteiger partial charge on any atom is -0.342 e. The van der Waals surface area contributed by atoms with Crippen LogP contribution in [0.4, 0.5) is 0 Å². The number of carbonyl (C=O) groups is 1. The Morgan fingerprint density at radius 2 is 2.00 bits per heavy atom. The monoisotopic (exact) mass is 253 g/mol. The zero-order valence-corrected chi connectivity index (χ0v) is 11.8. The summed E-state index contributed by atoms with van der Waals surface area (Å²) in [6.07, 6.45) is 7.47. The number of rotatable bonds is 4. The SMILES string of the molecule is CNC1CCN(CC(=O)N(C)C2CCCCC2)C1. The summed E-state index contributed by atoms with van der Waals surface area (Å²) in [5.41, 5.74) is 0. The van der Waals surface area contributed by atoms with Gasteiger partial charge in [-0.05, 0) is 26.3 Å². The molecule has 1 saturated heterocycles. The summed E-state index contributed by atoms with van der Waals surface area (Å²) in [5.74, 6) is 0.304. The molecule has 1 amide bonds. The van der Waals surface area contributed by atoms with Crippen molar-refractivity contribution in [1.82, 2.24) is 15.1 Å². The first-order valence-corrected chi connectivity index (χ1v) is 7.36. The van der Waals surface area contributed by atoms with Crippen LogP contribution in [-0.2, 0) is 4.79 Å². The Hall–Kier alpha value is -0.610. The van der Waals surface area contributed by atoms with E-state index < -0.39 is 0 Å². The van der Waals surface area contributed by atoms with Gasteiger partial charge in [0, 0.05) is 32.2 Å². The lowest BCUT2D eigenvalue weighted by atomic mass is 9.94. The molecule has 18 heavy (non-hydrogen) atoms. The molecule has 0 radical (unpaired) electrons. The van der Waals surface area contributed by atoms with E-state index in [1.165, 1.54) is 32.1 Å². The first kappa shape index (κ1) is 13.8. The van der Waals surface area contributed by atoms with E-state index in [9.17, 15) is 4.79 Å². The van der Waals surface area contributed by atoms with E-state index in [-0.39, 0.29) is 0 Å². The first-order valence-electron chi connectivity index (χ1n) is 7.36. The van der Waals surface area contributed by atoms with Crippen LogP contribution < -0.4 is 5.32 Å². The second-order valence-electron chi connectivity index (χ2n) is 5.81. The Kier molecular flexibility index (Phi) is 5.01. The molecule has 0 bridgehead atoms. The highest BCUT2D eigenvalue weighted by molar-refractivity contribution is 5.78. The summed E-state index contributed by atoms with van der Waals surface area (Å²) >= 11 is 0. The molecule has 0 aromatic rings. The number of hydrogen-bond donors (Lipinski definition) is 1. The van der Waals surface area contributed by atoms with Crippen molar-refractivity contribution in [2.45, 2.75) is 50.6 Å². The molecule has 1 aliphatic carbocycles. The minimum absolute atomic E-state index is 0.304. The summed E-state index contributed by atoms with van der Waals surface area (Å²) in [5, 5.41) is 3.29. The van der Waals surface area contributed by atoms with E-state index >= 15 is 0 Å². The average molecular weight is 253 g/mol. The molecular formula is C14H27N3O. The molecule has 2 rings (SSSR count). The van der Waals surface area contributed by atoms with E-state index in [0.717, 1.165) is 19.5 Å². The van der Waals surface area contributed by atoms with Gasteiger partial charge in [0.2, 0.25) is 5.91 Å². The third-order valence-electron chi connectivity index (χ3n) is 4.56. The second kappa shape index (κ2) is 6.53. The summed E-state index contributed by atoms with van der Waals surface area (Å²) in [7, 11) is 3.99. The summed E-state index contributed by atoms with van der Waals surface area (Å²) in [6.45, 7) is 2.67.